The van der Waals surface area contributed by atoms with Gasteiger partial charge in [0.15, 0.2) is 5.78 Å². The number of nitrogens with one attached hydrogen (secondary N) is 1. The maximum Gasteiger partial charge on any atom is 0.357 e. The Morgan fingerprint density at radius 1 is 1.08 bits per heavy atom. The number of phenols is 1. The number of hydrogen-bond donors (Lipinski definition) is 2. The molecule has 1 unspecified atom stereocenters. The Labute approximate surface area is 150 Å². The third-order valence-corrected chi connectivity index (χ3v) is 6.30. The molecular weight excluding hydrogens is 393 g/mol. The van der Waals surface area contributed by atoms with E-state index in [-0.39, 0.29) is 19.0 Å². The van der Waals surface area contributed by atoms with Crippen molar-refractivity contribution in [3.63, 3.8) is 0 Å². The van der Waals surface area contributed by atoms with Gasteiger partial charge >= 0.3 is 7.60 Å². The molecule has 2 rings (SSSR count). The smallest absolute Gasteiger partial charge is 0.357 e. The second-order valence-electron chi connectivity index (χ2n) is 4.96. The van der Waals surface area contributed by atoms with E-state index in [0.29, 0.717) is 5.56 Å². The molecule has 0 spiro atoms. The van der Waals surface area contributed by atoms with E-state index in [1.807, 2.05) is 24.3 Å². The highest BCUT2D eigenvalue weighted by atomic mass is 79.9. The molecule has 0 radical (unpaired) electrons. The normalized spacial score (nSPS) is 12.8. The van der Waals surface area contributed by atoms with Gasteiger partial charge in [-0.25, -0.2) is 0 Å². The minimum atomic E-state index is -3.56. The molecule has 0 heterocycles. The molecule has 0 amide bonds. The van der Waals surface area contributed by atoms with Gasteiger partial charge in [-0.15, -0.1) is 0 Å². The van der Waals surface area contributed by atoms with E-state index in [2.05, 4.69) is 21.2 Å². The Morgan fingerprint density at radius 2 is 1.67 bits per heavy atom. The molecule has 0 aliphatic carbocycles. The Kier molecular flexibility index (Phi) is 6.87. The fraction of sp³-hybridized carbons (Fsp3) is 0.294. The molecular formula is C17H21BrNO4P. The number of rotatable bonds is 8. The highest BCUT2D eigenvalue weighted by molar-refractivity contribution is 9.10. The van der Waals surface area contributed by atoms with Gasteiger partial charge in [-0.05, 0) is 48.0 Å². The van der Waals surface area contributed by atoms with Gasteiger partial charge in [0.05, 0.1) is 13.2 Å². The molecule has 2 N–H and O–H groups in total. The lowest BCUT2D eigenvalue weighted by atomic mass is 10.2. The first-order valence-electron chi connectivity index (χ1n) is 7.69. The predicted molar refractivity (Wildman–Crippen MR) is 99.5 cm³/mol. The van der Waals surface area contributed by atoms with E-state index < -0.39 is 13.4 Å². The molecule has 2 aromatic carbocycles. The summed E-state index contributed by atoms with van der Waals surface area (Å²) in [6.45, 7) is 3.98. The quantitative estimate of drug-likeness (QED) is 0.556. The maximum atomic E-state index is 13.3. The van der Waals surface area contributed by atoms with Crippen LogP contribution in [0, 0.1) is 0 Å². The molecule has 0 bridgehead atoms. The van der Waals surface area contributed by atoms with Crippen LogP contribution in [0.2, 0.25) is 0 Å². The molecule has 5 nitrogen and oxygen atoms in total. The van der Waals surface area contributed by atoms with E-state index >= 15 is 0 Å². The summed E-state index contributed by atoms with van der Waals surface area (Å²) >= 11 is 3.46. The van der Waals surface area contributed by atoms with Crippen LogP contribution >= 0.6 is 23.5 Å². The van der Waals surface area contributed by atoms with E-state index in [0.717, 1.165) is 10.2 Å². The molecule has 7 heteroatoms. The van der Waals surface area contributed by atoms with Gasteiger partial charge in [0.1, 0.15) is 5.75 Å². The van der Waals surface area contributed by atoms with Crippen LogP contribution in [0.25, 0.3) is 0 Å². The average molecular weight is 414 g/mol. The molecule has 130 valence electrons. The molecule has 1 atom stereocenters. The third-order valence-electron chi connectivity index (χ3n) is 3.33. The van der Waals surface area contributed by atoms with Gasteiger partial charge in [-0.2, -0.15) is 0 Å². The number of hydrogen-bond acceptors (Lipinski definition) is 5. The fourth-order valence-electron chi connectivity index (χ4n) is 2.32. The minimum absolute atomic E-state index is 0.0293. The summed E-state index contributed by atoms with van der Waals surface area (Å²) in [4.78, 5) is 0. The molecule has 0 aromatic heterocycles. The first-order valence-corrected chi connectivity index (χ1v) is 10.1. The summed E-state index contributed by atoms with van der Waals surface area (Å²) in [5, 5.41) is 13.4. The third kappa shape index (κ3) is 4.39. The lowest BCUT2D eigenvalue weighted by molar-refractivity contribution is 0.213. The predicted octanol–water partition coefficient (Wildman–Crippen LogP) is 5.53. The zero-order valence-corrected chi connectivity index (χ0v) is 16.1. The Bertz CT molecular complexity index is 715. The largest absolute Gasteiger partial charge is 0.508 e. The molecule has 24 heavy (non-hydrogen) atoms. The summed E-state index contributed by atoms with van der Waals surface area (Å²) in [6, 6.07) is 14.2. The van der Waals surface area contributed by atoms with Crippen molar-refractivity contribution in [2.24, 2.45) is 0 Å². The van der Waals surface area contributed by atoms with Gasteiger partial charge in [-0.3, -0.25) is 4.57 Å². The van der Waals surface area contributed by atoms with Crippen molar-refractivity contribution in [2.75, 3.05) is 18.5 Å². The van der Waals surface area contributed by atoms with Crippen molar-refractivity contribution in [1.29, 1.82) is 0 Å². The summed E-state index contributed by atoms with van der Waals surface area (Å²) in [6.07, 6.45) is 0. The Balaban J connectivity index is 2.51. The van der Waals surface area contributed by atoms with Gasteiger partial charge in [0.25, 0.3) is 0 Å². The van der Waals surface area contributed by atoms with Crippen LogP contribution in [-0.4, -0.2) is 18.3 Å². The van der Waals surface area contributed by atoms with Crippen LogP contribution in [0.5, 0.6) is 5.75 Å². The standard InChI is InChI=1S/C17H21BrNO4P/c1-3-22-24(21,23-4-2)17(13-9-5-8-12-16(13)20)19-15-11-7-6-10-14(15)18/h5-12,17,19-20H,3-4H2,1-2H3. The van der Waals surface area contributed by atoms with Crippen molar-refractivity contribution in [1.82, 2.24) is 0 Å². The number of para-hydroxylation sites is 2. The van der Waals surface area contributed by atoms with E-state index in [4.69, 9.17) is 9.05 Å². The maximum absolute atomic E-state index is 13.3. The number of halogens is 1. The van der Waals surface area contributed by atoms with Crippen molar-refractivity contribution in [3.05, 3.63) is 58.6 Å². The first kappa shape index (κ1) is 19.0. The van der Waals surface area contributed by atoms with Crippen LogP contribution in [-0.2, 0) is 13.6 Å². The first-order chi connectivity index (χ1) is 11.5. The number of anilines is 1. The van der Waals surface area contributed by atoms with Crippen molar-refractivity contribution in [2.45, 2.75) is 19.6 Å². The van der Waals surface area contributed by atoms with E-state index in [9.17, 15) is 9.67 Å². The average Bonchev–Trinajstić information content (AvgIpc) is 2.55. The van der Waals surface area contributed by atoms with Gasteiger partial charge in [0.2, 0.25) is 0 Å². The van der Waals surface area contributed by atoms with Crippen LogP contribution in [0.3, 0.4) is 0 Å². The molecule has 0 fully saturated rings. The zero-order chi connectivity index (χ0) is 17.6. The highest BCUT2D eigenvalue weighted by Crippen LogP contribution is 2.62. The lowest BCUT2D eigenvalue weighted by Gasteiger charge is -2.29. The lowest BCUT2D eigenvalue weighted by Crippen LogP contribution is -2.15. The monoisotopic (exact) mass is 413 g/mol. The van der Waals surface area contributed by atoms with E-state index in [1.54, 1.807) is 38.1 Å². The summed E-state index contributed by atoms with van der Waals surface area (Å²) in [7, 11) is -3.56. The zero-order valence-electron chi connectivity index (χ0n) is 13.6. The second kappa shape index (κ2) is 8.67. The van der Waals surface area contributed by atoms with Crippen LogP contribution < -0.4 is 5.32 Å². The summed E-state index contributed by atoms with van der Waals surface area (Å²) < 4.78 is 25.2. The van der Waals surface area contributed by atoms with Gasteiger partial charge in [0, 0.05) is 15.7 Å². The van der Waals surface area contributed by atoms with Gasteiger partial charge < -0.3 is 19.5 Å². The Morgan fingerprint density at radius 3 is 2.25 bits per heavy atom. The Hall–Kier alpha value is -1.33. The number of phenolic OH excluding ortho intramolecular Hbond substituents is 1. The second-order valence-corrected chi connectivity index (χ2v) is 7.93. The van der Waals surface area contributed by atoms with E-state index in [1.165, 1.54) is 0 Å². The number of aromatic hydroxyl groups is 1. The molecule has 0 aliphatic heterocycles. The van der Waals surface area contributed by atoms with Crippen LogP contribution in [0.15, 0.2) is 53.0 Å². The molecule has 0 aliphatic rings. The van der Waals surface area contributed by atoms with Crippen LogP contribution in [0.1, 0.15) is 25.2 Å². The molecule has 0 saturated carbocycles. The fourth-order valence-corrected chi connectivity index (χ4v) is 4.67. The molecule has 0 saturated heterocycles. The summed E-state index contributed by atoms with van der Waals surface area (Å²) in [5.41, 5.74) is 1.18. The van der Waals surface area contributed by atoms with Crippen molar-refractivity contribution in [3.8, 4) is 5.75 Å². The van der Waals surface area contributed by atoms with Gasteiger partial charge in [-0.1, -0.05) is 30.3 Å². The molecule has 2 aromatic rings. The number of benzene rings is 2. The SMILES string of the molecule is CCOP(=O)(OCC)C(Nc1ccccc1Br)c1ccccc1O. The van der Waals surface area contributed by atoms with Crippen molar-refractivity contribution >= 4 is 29.2 Å². The topological polar surface area (TPSA) is 67.8 Å². The van der Waals surface area contributed by atoms with Crippen molar-refractivity contribution < 1.29 is 18.7 Å². The van der Waals surface area contributed by atoms with Crippen LogP contribution in [0.4, 0.5) is 5.69 Å². The summed E-state index contributed by atoms with van der Waals surface area (Å²) in [5.74, 6) is -0.806. The highest BCUT2D eigenvalue weighted by Gasteiger charge is 2.38. The minimum Gasteiger partial charge on any atom is -0.508 e.